The number of aryl methyl sites for hydroxylation is 1. The number of carboxylic acid groups (broad SMARTS) is 1. The van der Waals surface area contributed by atoms with Crippen LogP contribution in [0.4, 0.5) is 4.39 Å². The smallest absolute Gasteiger partial charge is 0.336 e. The van der Waals surface area contributed by atoms with Crippen LogP contribution in [-0.4, -0.2) is 20.9 Å². The topological polar surface area (TPSA) is 55.1 Å². The first-order valence-corrected chi connectivity index (χ1v) is 6.27. The second-order valence-corrected chi connectivity index (χ2v) is 5.81. The van der Waals surface area contributed by atoms with Gasteiger partial charge >= 0.3 is 5.97 Å². The lowest BCUT2D eigenvalue weighted by Gasteiger charge is -2.18. The molecule has 1 aromatic heterocycles. The maximum Gasteiger partial charge on any atom is 0.336 e. The zero-order valence-electron chi connectivity index (χ0n) is 11.9. The van der Waals surface area contributed by atoms with E-state index in [0.717, 1.165) is 17.3 Å². The lowest BCUT2D eigenvalue weighted by Crippen LogP contribution is -2.14. The summed E-state index contributed by atoms with van der Waals surface area (Å²) in [5, 5.41) is 13.7. The molecule has 0 spiro atoms. The van der Waals surface area contributed by atoms with Gasteiger partial charge in [0.05, 0.1) is 11.3 Å². The van der Waals surface area contributed by atoms with Gasteiger partial charge in [0.25, 0.3) is 0 Å². The number of nitrogens with zero attached hydrogens (tertiary/aromatic N) is 2. The summed E-state index contributed by atoms with van der Waals surface area (Å²) in [6.07, 6.45) is 1.76. The minimum atomic E-state index is -1.15. The molecule has 0 saturated carbocycles. The Morgan fingerprint density at radius 1 is 1.30 bits per heavy atom. The van der Waals surface area contributed by atoms with E-state index >= 15 is 0 Å². The van der Waals surface area contributed by atoms with Crippen molar-refractivity contribution in [1.29, 1.82) is 0 Å². The SMILES string of the molecule is Cn1cc(-c2ccc(F)cc2C(=O)O)c(C(C)(C)C)n1. The van der Waals surface area contributed by atoms with Crippen LogP contribution in [0.2, 0.25) is 0 Å². The van der Waals surface area contributed by atoms with Crippen LogP contribution in [0.5, 0.6) is 0 Å². The van der Waals surface area contributed by atoms with Gasteiger partial charge < -0.3 is 5.11 Å². The second kappa shape index (κ2) is 4.74. The fourth-order valence-electron chi connectivity index (χ4n) is 2.17. The molecule has 0 saturated heterocycles. The highest BCUT2D eigenvalue weighted by molar-refractivity contribution is 5.96. The molecule has 106 valence electrons. The van der Waals surface area contributed by atoms with Gasteiger partial charge in [-0.15, -0.1) is 0 Å². The number of aromatic nitrogens is 2. The highest BCUT2D eigenvalue weighted by atomic mass is 19.1. The first kappa shape index (κ1) is 14.2. The van der Waals surface area contributed by atoms with Crippen molar-refractivity contribution in [3.05, 3.63) is 41.5 Å². The van der Waals surface area contributed by atoms with Gasteiger partial charge in [0, 0.05) is 24.2 Å². The van der Waals surface area contributed by atoms with Crippen LogP contribution >= 0.6 is 0 Å². The van der Waals surface area contributed by atoms with Gasteiger partial charge in [-0.2, -0.15) is 5.10 Å². The molecule has 0 amide bonds. The molecule has 1 N–H and O–H groups in total. The van der Waals surface area contributed by atoms with Gasteiger partial charge in [-0.3, -0.25) is 4.68 Å². The molecular weight excluding hydrogens is 259 g/mol. The van der Waals surface area contributed by atoms with E-state index < -0.39 is 11.8 Å². The molecule has 0 aliphatic carbocycles. The monoisotopic (exact) mass is 276 g/mol. The molecule has 0 unspecified atom stereocenters. The summed E-state index contributed by atoms with van der Waals surface area (Å²) in [6.45, 7) is 6.01. The van der Waals surface area contributed by atoms with Crippen molar-refractivity contribution < 1.29 is 14.3 Å². The van der Waals surface area contributed by atoms with Crippen molar-refractivity contribution in [3.63, 3.8) is 0 Å². The Morgan fingerprint density at radius 3 is 2.50 bits per heavy atom. The summed E-state index contributed by atoms with van der Waals surface area (Å²) >= 11 is 0. The molecule has 1 aromatic carbocycles. The third kappa shape index (κ3) is 2.57. The third-order valence-electron chi connectivity index (χ3n) is 3.04. The van der Waals surface area contributed by atoms with Crippen LogP contribution in [0.25, 0.3) is 11.1 Å². The number of carbonyl (C=O) groups is 1. The molecule has 0 aliphatic rings. The van der Waals surface area contributed by atoms with Gasteiger partial charge in [-0.05, 0) is 17.7 Å². The van der Waals surface area contributed by atoms with Crippen molar-refractivity contribution in [2.75, 3.05) is 0 Å². The minimum Gasteiger partial charge on any atom is -0.478 e. The molecule has 0 bridgehead atoms. The lowest BCUT2D eigenvalue weighted by atomic mass is 9.86. The fourth-order valence-corrected chi connectivity index (χ4v) is 2.17. The van der Waals surface area contributed by atoms with E-state index in [0.29, 0.717) is 5.56 Å². The van der Waals surface area contributed by atoms with Gasteiger partial charge in [-0.25, -0.2) is 9.18 Å². The fraction of sp³-hybridized carbons (Fsp3) is 0.333. The summed E-state index contributed by atoms with van der Waals surface area (Å²) in [5.74, 6) is -1.71. The van der Waals surface area contributed by atoms with Crippen LogP contribution in [-0.2, 0) is 12.5 Å². The Labute approximate surface area is 116 Å². The quantitative estimate of drug-likeness (QED) is 0.916. The number of benzene rings is 1. The number of carboxylic acids is 1. The molecule has 2 rings (SSSR count). The molecule has 0 atom stereocenters. The predicted molar refractivity (Wildman–Crippen MR) is 74.3 cm³/mol. The average molecular weight is 276 g/mol. The van der Waals surface area contributed by atoms with Crippen molar-refractivity contribution in [3.8, 4) is 11.1 Å². The zero-order chi connectivity index (χ0) is 15.1. The van der Waals surface area contributed by atoms with Crippen molar-refractivity contribution in [1.82, 2.24) is 9.78 Å². The lowest BCUT2D eigenvalue weighted by molar-refractivity contribution is 0.0697. The summed E-state index contributed by atoms with van der Waals surface area (Å²) in [5.41, 5.74) is 1.70. The molecule has 5 heteroatoms. The van der Waals surface area contributed by atoms with Crippen molar-refractivity contribution >= 4 is 5.97 Å². The van der Waals surface area contributed by atoms with E-state index in [2.05, 4.69) is 5.10 Å². The van der Waals surface area contributed by atoms with Crippen LogP contribution in [0.1, 0.15) is 36.8 Å². The van der Waals surface area contributed by atoms with Gasteiger partial charge in [0.15, 0.2) is 0 Å². The maximum absolute atomic E-state index is 13.3. The summed E-state index contributed by atoms with van der Waals surface area (Å²) in [7, 11) is 1.78. The molecule has 0 fully saturated rings. The summed E-state index contributed by atoms with van der Waals surface area (Å²) < 4.78 is 14.9. The predicted octanol–water partition coefficient (Wildman–Crippen LogP) is 3.22. The molecule has 20 heavy (non-hydrogen) atoms. The van der Waals surface area contributed by atoms with Gasteiger partial charge in [0.2, 0.25) is 0 Å². The summed E-state index contributed by atoms with van der Waals surface area (Å²) in [4.78, 5) is 11.3. The van der Waals surface area contributed by atoms with E-state index in [4.69, 9.17) is 0 Å². The highest BCUT2D eigenvalue weighted by Crippen LogP contribution is 2.33. The van der Waals surface area contributed by atoms with Gasteiger partial charge in [0.1, 0.15) is 5.82 Å². The largest absolute Gasteiger partial charge is 0.478 e. The Bertz CT molecular complexity index is 669. The molecule has 0 radical (unpaired) electrons. The second-order valence-electron chi connectivity index (χ2n) is 5.81. The Balaban J connectivity index is 2.72. The van der Waals surface area contributed by atoms with Crippen molar-refractivity contribution in [2.24, 2.45) is 7.05 Å². The highest BCUT2D eigenvalue weighted by Gasteiger charge is 2.25. The molecule has 0 aliphatic heterocycles. The minimum absolute atomic E-state index is 0.0523. The first-order valence-electron chi connectivity index (χ1n) is 6.27. The number of hydrogen-bond donors (Lipinski definition) is 1. The number of halogens is 1. The van der Waals surface area contributed by atoms with Crippen LogP contribution < -0.4 is 0 Å². The normalized spacial score (nSPS) is 11.7. The maximum atomic E-state index is 13.3. The molecular formula is C15H17FN2O2. The summed E-state index contributed by atoms with van der Waals surface area (Å²) in [6, 6.07) is 3.80. The van der Waals surface area contributed by atoms with Crippen LogP contribution in [0.3, 0.4) is 0 Å². The van der Waals surface area contributed by atoms with Crippen LogP contribution in [0, 0.1) is 5.82 Å². The Kier molecular flexibility index (Phi) is 3.38. The standard InChI is InChI=1S/C15H17FN2O2/c1-15(2,3)13-12(8-18(4)17-13)10-6-5-9(16)7-11(10)14(19)20/h5-8H,1-4H3,(H,19,20). The van der Waals surface area contributed by atoms with E-state index in [9.17, 15) is 14.3 Å². The molecule has 2 aromatic rings. The number of aromatic carboxylic acids is 1. The van der Waals surface area contributed by atoms with Crippen molar-refractivity contribution in [2.45, 2.75) is 26.2 Å². The Morgan fingerprint density at radius 2 is 1.95 bits per heavy atom. The number of hydrogen-bond acceptors (Lipinski definition) is 2. The van der Waals surface area contributed by atoms with Gasteiger partial charge in [-0.1, -0.05) is 26.8 Å². The first-order chi connectivity index (χ1) is 9.20. The van der Waals surface area contributed by atoms with E-state index in [1.165, 1.54) is 12.1 Å². The molecule has 1 heterocycles. The van der Waals surface area contributed by atoms with E-state index in [-0.39, 0.29) is 11.0 Å². The number of rotatable bonds is 2. The Hall–Kier alpha value is -2.17. The van der Waals surface area contributed by atoms with E-state index in [1.807, 2.05) is 20.8 Å². The third-order valence-corrected chi connectivity index (χ3v) is 3.04. The zero-order valence-corrected chi connectivity index (χ0v) is 11.9. The average Bonchev–Trinajstić information content (AvgIpc) is 2.70. The van der Waals surface area contributed by atoms with Crippen LogP contribution in [0.15, 0.2) is 24.4 Å². The molecule has 4 nitrogen and oxygen atoms in total. The van der Waals surface area contributed by atoms with E-state index in [1.54, 1.807) is 17.9 Å².